The van der Waals surface area contributed by atoms with E-state index in [9.17, 15) is 8.78 Å². The van der Waals surface area contributed by atoms with E-state index in [0.29, 0.717) is 0 Å². The lowest BCUT2D eigenvalue weighted by Gasteiger charge is -2.10. The van der Waals surface area contributed by atoms with Crippen LogP contribution in [0.4, 0.5) is 8.78 Å². The van der Waals surface area contributed by atoms with Crippen molar-refractivity contribution in [2.45, 2.75) is 13.5 Å². The number of alkyl halides is 2. The average Bonchev–Trinajstić information content (AvgIpc) is 2.32. The normalized spacial score (nSPS) is 10.7. The summed E-state index contributed by atoms with van der Waals surface area (Å²) in [6.45, 7) is -0.830. The first-order valence-corrected chi connectivity index (χ1v) is 6.17. The summed E-state index contributed by atoms with van der Waals surface area (Å²) in [4.78, 5) is 0. The molecular formula is C14H11BrF2O. The highest BCUT2D eigenvalue weighted by Crippen LogP contribution is 2.30. The van der Waals surface area contributed by atoms with Crippen LogP contribution in [-0.4, -0.2) is 6.61 Å². The van der Waals surface area contributed by atoms with Crippen LogP contribution in [0.25, 0.3) is 11.1 Å². The lowest BCUT2D eigenvalue weighted by molar-refractivity contribution is -0.0498. The quantitative estimate of drug-likeness (QED) is 0.772. The van der Waals surface area contributed by atoms with Crippen molar-refractivity contribution in [2.24, 2.45) is 0 Å². The summed E-state index contributed by atoms with van der Waals surface area (Å²) in [7, 11) is 0. The minimum atomic E-state index is -2.80. The molecule has 0 aromatic heterocycles. The molecule has 0 aliphatic carbocycles. The molecule has 18 heavy (non-hydrogen) atoms. The first-order valence-electron chi connectivity index (χ1n) is 5.38. The largest absolute Gasteiger partial charge is 0.435 e. The molecule has 0 amide bonds. The van der Waals surface area contributed by atoms with Crippen LogP contribution in [-0.2, 0) is 0 Å². The number of ether oxygens (including phenoxy) is 1. The van der Waals surface area contributed by atoms with Gasteiger partial charge in [0.25, 0.3) is 0 Å². The van der Waals surface area contributed by atoms with Gasteiger partial charge >= 0.3 is 6.61 Å². The fraction of sp³-hybridized carbons (Fsp3) is 0.143. The molecule has 4 heteroatoms. The molecule has 2 aromatic rings. The van der Waals surface area contributed by atoms with Crippen molar-refractivity contribution in [3.63, 3.8) is 0 Å². The highest BCUT2D eigenvalue weighted by Gasteiger charge is 2.08. The third-order valence-corrected chi connectivity index (χ3v) is 3.50. The van der Waals surface area contributed by atoms with E-state index in [1.807, 2.05) is 31.2 Å². The van der Waals surface area contributed by atoms with Crippen LogP contribution in [0.2, 0.25) is 0 Å². The highest BCUT2D eigenvalue weighted by molar-refractivity contribution is 9.10. The molecule has 0 aliphatic rings. The molecule has 0 N–H and O–H groups in total. The van der Waals surface area contributed by atoms with Gasteiger partial charge in [0.2, 0.25) is 0 Å². The Hall–Kier alpha value is -1.42. The Bertz CT molecular complexity index is 555. The summed E-state index contributed by atoms with van der Waals surface area (Å²) in [6, 6.07) is 12.5. The molecular weight excluding hydrogens is 302 g/mol. The second-order valence-electron chi connectivity index (χ2n) is 3.82. The first kappa shape index (κ1) is 13.0. The van der Waals surface area contributed by atoms with E-state index in [4.69, 9.17) is 0 Å². The zero-order valence-corrected chi connectivity index (χ0v) is 11.2. The van der Waals surface area contributed by atoms with Gasteiger partial charge in [-0.05, 0) is 41.8 Å². The topological polar surface area (TPSA) is 9.23 Å². The van der Waals surface area contributed by atoms with Gasteiger partial charge in [-0.25, -0.2) is 0 Å². The van der Waals surface area contributed by atoms with E-state index in [-0.39, 0.29) is 5.75 Å². The molecule has 0 fully saturated rings. The maximum atomic E-state index is 12.2. The number of hydrogen-bond donors (Lipinski definition) is 0. The lowest BCUT2D eigenvalue weighted by Crippen LogP contribution is -2.01. The van der Waals surface area contributed by atoms with Crippen molar-refractivity contribution in [2.75, 3.05) is 0 Å². The predicted octanol–water partition coefficient (Wildman–Crippen LogP) is 5.03. The van der Waals surface area contributed by atoms with Gasteiger partial charge < -0.3 is 4.74 Å². The molecule has 0 spiro atoms. The fourth-order valence-electron chi connectivity index (χ4n) is 1.76. The minimum absolute atomic E-state index is 0.168. The monoisotopic (exact) mass is 312 g/mol. The highest BCUT2D eigenvalue weighted by atomic mass is 79.9. The van der Waals surface area contributed by atoms with Gasteiger partial charge in [-0.1, -0.05) is 40.2 Å². The number of rotatable bonds is 3. The zero-order chi connectivity index (χ0) is 13.1. The molecule has 2 aromatic carbocycles. The molecule has 0 saturated heterocycles. The molecule has 0 aliphatic heterocycles. The standard InChI is InChI=1S/C14H11BrF2O/c1-9-12(6-3-7-13(9)15)10-4-2-5-11(8-10)18-14(16)17/h2-8,14H,1H3. The van der Waals surface area contributed by atoms with Crippen LogP contribution in [0.1, 0.15) is 5.56 Å². The van der Waals surface area contributed by atoms with Crippen molar-refractivity contribution < 1.29 is 13.5 Å². The van der Waals surface area contributed by atoms with Gasteiger partial charge in [-0.3, -0.25) is 0 Å². The van der Waals surface area contributed by atoms with E-state index in [1.165, 1.54) is 6.07 Å². The van der Waals surface area contributed by atoms with Crippen molar-refractivity contribution in [3.05, 3.63) is 52.5 Å². The summed E-state index contributed by atoms with van der Waals surface area (Å²) in [5.74, 6) is 0.168. The molecule has 0 bridgehead atoms. The van der Waals surface area contributed by atoms with Crippen molar-refractivity contribution >= 4 is 15.9 Å². The maximum absolute atomic E-state index is 12.2. The van der Waals surface area contributed by atoms with Crippen LogP contribution < -0.4 is 4.74 Å². The van der Waals surface area contributed by atoms with Gasteiger partial charge in [0.1, 0.15) is 5.75 Å². The summed E-state index contributed by atoms with van der Waals surface area (Å²) < 4.78 is 29.7. The van der Waals surface area contributed by atoms with E-state index >= 15 is 0 Å². The first-order chi connectivity index (χ1) is 8.58. The Balaban J connectivity index is 2.41. The van der Waals surface area contributed by atoms with Crippen molar-refractivity contribution in [3.8, 4) is 16.9 Å². The molecule has 94 valence electrons. The van der Waals surface area contributed by atoms with Crippen molar-refractivity contribution in [1.82, 2.24) is 0 Å². The summed E-state index contributed by atoms with van der Waals surface area (Å²) in [5, 5.41) is 0. The molecule has 0 heterocycles. The number of hydrogen-bond acceptors (Lipinski definition) is 1. The second kappa shape index (κ2) is 5.48. The molecule has 2 rings (SSSR count). The minimum Gasteiger partial charge on any atom is -0.435 e. The van der Waals surface area contributed by atoms with Crippen LogP contribution in [0, 0.1) is 6.92 Å². The Kier molecular flexibility index (Phi) is 3.97. The third kappa shape index (κ3) is 2.88. The third-order valence-electron chi connectivity index (χ3n) is 2.64. The van der Waals surface area contributed by atoms with Crippen LogP contribution in [0.15, 0.2) is 46.9 Å². The average molecular weight is 313 g/mol. The van der Waals surface area contributed by atoms with Gasteiger partial charge in [-0.2, -0.15) is 8.78 Å². The van der Waals surface area contributed by atoms with E-state index in [2.05, 4.69) is 20.7 Å². The Morgan fingerprint density at radius 1 is 1.11 bits per heavy atom. The summed E-state index contributed by atoms with van der Waals surface area (Å²) in [6.07, 6.45) is 0. The van der Waals surface area contributed by atoms with E-state index < -0.39 is 6.61 Å². The Morgan fingerprint density at radius 2 is 1.83 bits per heavy atom. The smallest absolute Gasteiger partial charge is 0.387 e. The van der Waals surface area contributed by atoms with Gasteiger partial charge in [0, 0.05) is 4.47 Å². The predicted molar refractivity (Wildman–Crippen MR) is 70.9 cm³/mol. The number of halogens is 3. The Morgan fingerprint density at radius 3 is 2.56 bits per heavy atom. The van der Waals surface area contributed by atoms with Gasteiger partial charge in [-0.15, -0.1) is 0 Å². The lowest BCUT2D eigenvalue weighted by atomic mass is 10.0. The molecule has 0 saturated carbocycles. The van der Waals surface area contributed by atoms with E-state index in [1.54, 1.807) is 12.1 Å². The summed E-state index contributed by atoms with van der Waals surface area (Å²) >= 11 is 3.45. The second-order valence-corrected chi connectivity index (χ2v) is 4.67. The molecule has 1 nitrogen and oxygen atoms in total. The zero-order valence-electron chi connectivity index (χ0n) is 9.66. The summed E-state index contributed by atoms with van der Waals surface area (Å²) in [5.41, 5.74) is 2.91. The SMILES string of the molecule is Cc1c(Br)cccc1-c1cccc(OC(F)F)c1. The molecule has 0 unspecified atom stereocenters. The molecule has 0 radical (unpaired) electrons. The van der Waals surface area contributed by atoms with Gasteiger partial charge in [0.05, 0.1) is 0 Å². The van der Waals surface area contributed by atoms with Crippen molar-refractivity contribution in [1.29, 1.82) is 0 Å². The fourth-order valence-corrected chi connectivity index (χ4v) is 2.13. The van der Waals surface area contributed by atoms with Crippen LogP contribution >= 0.6 is 15.9 Å². The number of benzene rings is 2. The van der Waals surface area contributed by atoms with E-state index in [0.717, 1.165) is 21.2 Å². The van der Waals surface area contributed by atoms with Crippen LogP contribution in [0.3, 0.4) is 0 Å². The van der Waals surface area contributed by atoms with Crippen LogP contribution in [0.5, 0.6) is 5.75 Å². The maximum Gasteiger partial charge on any atom is 0.387 e. The van der Waals surface area contributed by atoms with Gasteiger partial charge in [0.15, 0.2) is 0 Å². The Labute approximate surface area is 113 Å². The molecule has 0 atom stereocenters.